The molecule has 0 aliphatic carbocycles. The average Bonchev–Trinajstić information content (AvgIpc) is 3.04. The Morgan fingerprint density at radius 3 is 2.88 bits per heavy atom. The van der Waals surface area contributed by atoms with Gasteiger partial charge in [0, 0.05) is 18.2 Å². The molecular formula is C18H20N4O3. The van der Waals surface area contributed by atoms with Crippen molar-refractivity contribution in [2.24, 2.45) is 0 Å². The second-order valence-corrected chi connectivity index (χ2v) is 6.53. The van der Waals surface area contributed by atoms with Crippen LogP contribution in [0.2, 0.25) is 0 Å². The highest BCUT2D eigenvalue weighted by atomic mass is 16.4. The van der Waals surface area contributed by atoms with Crippen molar-refractivity contribution in [2.45, 2.75) is 32.2 Å². The molecule has 0 unspecified atom stereocenters. The third-order valence-corrected chi connectivity index (χ3v) is 4.78. The van der Waals surface area contributed by atoms with Crippen molar-refractivity contribution in [1.29, 1.82) is 0 Å². The number of rotatable bonds is 3. The average molecular weight is 340 g/mol. The fraction of sp³-hybridized carbons (Fsp3) is 0.389. The molecule has 0 aromatic carbocycles. The maximum absolute atomic E-state index is 11.7. The molecule has 4 rings (SSSR count). The minimum Gasteiger partial charge on any atom is -0.502 e. The van der Waals surface area contributed by atoms with Gasteiger partial charge in [0.15, 0.2) is 11.4 Å². The lowest BCUT2D eigenvalue weighted by Crippen LogP contribution is -2.33. The van der Waals surface area contributed by atoms with E-state index in [9.17, 15) is 9.90 Å². The van der Waals surface area contributed by atoms with Crippen LogP contribution < -0.4 is 5.43 Å². The SMILES string of the molecule is Cc1cc(=O)c(O)c(CN2CCC(c3nnc4ccccn34)CC2)o1. The fourth-order valence-corrected chi connectivity index (χ4v) is 3.46. The molecule has 0 saturated carbocycles. The molecule has 0 spiro atoms. The first kappa shape index (κ1) is 15.8. The van der Waals surface area contributed by atoms with Crippen LogP contribution in [0.15, 0.2) is 39.7 Å². The lowest BCUT2D eigenvalue weighted by atomic mass is 9.96. The first-order chi connectivity index (χ1) is 12.1. The van der Waals surface area contributed by atoms with Gasteiger partial charge in [-0.1, -0.05) is 6.07 Å². The van der Waals surface area contributed by atoms with E-state index in [1.54, 1.807) is 6.92 Å². The number of piperidine rings is 1. The van der Waals surface area contributed by atoms with Crippen molar-refractivity contribution in [3.05, 3.63) is 58.0 Å². The monoisotopic (exact) mass is 340 g/mol. The van der Waals surface area contributed by atoms with Crippen LogP contribution in [-0.4, -0.2) is 37.7 Å². The molecule has 0 bridgehead atoms. The van der Waals surface area contributed by atoms with E-state index < -0.39 is 0 Å². The van der Waals surface area contributed by atoms with Crippen LogP contribution in [0.1, 0.15) is 36.1 Å². The summed E-state index contributed by atoms with van der Waals surface area (Å²) in [5, 5.41) is 18.5. The maximum atomic E-state index is 11.7. The zero-order chi connectivity index (χ0) is 17.4. The van der Waals surface area contributed by atoms with E-state index in [4.69, 9.17) is 4.42 Å². The Labute approximate surface area is 144 Å². The molecule has 1 fully saturated rings. The van der Waals surface area contributed by atoms with E-state index in [1.807, 2.05) is 28.8 Å². The topological polar surface area (TPSA) is 83.9 Å². The van der Waals surface area contributed by atoms with Gasteiger partial charge in [0.05, 0.1) is 6.54 Å². The van der Waals surface area contributed by atoms with E-state index >= 15 is 0 Å². The number of nitrogens with zero attached hydrogens (tertiary/aromatic N) is 4. The molecule has 7 heteroatoms. The number of aromatic hydroxyl groups is 1. The first-order valence-corrected chi connectivity index (χ1v) is 8.46. The van der Waals surface area contributed by atoms with Gasteiger partial charge in [-0.25, -0.2) is 0 Å². The van der Waals surface area contributed by atoms with Crippen LogP contribution in [0.25, 0.3) is 5.65 Å². The number of aryl methyl sites for hydroxylation is 1. The van der Waals surface area contributed by atoms with Crippen molar-refractivity contribution < 1.29 is 9.52 Å². The van der Waals surface area contributed by atoms with Crippen LogP contribution in [0.4, 0.5) is 0 Å². The Balaban J connectivity index is 1.46. The lowest BCUT2D eigenvalue weighted by Gasteiger charge is -2.30. The maximum Gasteiger partial charge on any atom is 0.227 e. The van der Waals surface area contributed by atoms with Crippen molar-refractivity contribution in [1.82, 2.24) is 19.5 Å². The van der Waals surface area contributed by atoms with Gasteiger partial charge < -0.3 is 9.52 Å². The highest BCUT2D eigenvalue weighted by molar-refractivity contribution is 5.37. The summed E-state index contributed by atoms with van der Waals surface area (Å²) in [5.74, 6) is 1.93. The van der Waals surface area contributed by atoms with E-state index in [0.29, 0.717) is 24.0 Å². The summed E-state index contributed by atoms with van der Waals surface area (Å²) in [6.07, 6.45) is 3.90. The molecule has 3 aromatic heterocycles. The molecule has 3 aromatic rings. The molecule has 25 heavy (non-hydrogen) atoms. The first-order valence-electron chi connectivity index (χ1n) is 8.46. The zero-order valence-corrected chi connectivity index (χ0v) is 14.1. The largest absolute Gasteiger partial charge is 0.502 e. The van der Waals surface area contributed by atoms with Gasteiger partial charge >= 0.3 is 0 Å². The summed E-state index contributed by atoms with van der Waals surface area (Å²) in [6.45, 7) is 3.86. The second-order valence-electron chi connectivity index (χ2n) is 6.53. The number of hydrogen-bond acceptors (Lipinski definition) is 6. The number of aromatic nitrogens is 3. The van der Waals surface area contributed by atoms with Crippen molar-refractivity contribution in [3.63, 3.8) is 0 Å². The minimum absolute atomic E-state index is 0.281. The van der Waals surface area contributed by atoms with E-state index in [1.165, 1.54) is 6.07 Å². The smallest absolute Gasteiger partial charge is 0.227 e. The van der Waals surface area contributed by atoms with Crippen molar-refractivity contribution in [2.75, 3.05) is 13.1 Å². The molecule has 1 aliphatic heterocycles. The Morgan fingerprint density at radius 1 is 1.28 bits per heavy atom. The van der Waals surface area contributed by atoms with E-state index in [2.05, 4.69) is 15.1 Å². The number of likely N-dealkylation sites (tertiary alicyclic amines) is 1. The van der Waals surface area contributed by atoms with Gasteiger partial charge in [-0.3, -0.25) is 14.1 Å². The normalized spacial score (nSPS) is 16.5. The van der Waals surface area contributed by atoms with Gasteiger partial charge in [0.1, 0.15) is 11.6 Å². The van der Waals surface area contributed by atoms with Gasteiger partial charge in [0.2, 0.25) is 11.2 Å². The van der Waals surface area contributed by atoms with E-state index in [-0.39, 0.29) is 11.2 Å². The van der Waals surface area contributed by atoms with Gasteiger partial charge in [0.25, 0.3) is 0 Å². The molecule has 0 atom stereocenters. The Kier molecular flexibility index (Phi) is 4.01. The number of fused-ring (bicyclic) bond motifs is 1. The van der Waals surface area contributed by atoms with Gasteiger partial charge in [-0.05, 0) is 45.0 Å². The third kappa shape index (κ3) is 3.02. The van der Waals surface area contributed by atoms with Crippen LogP contribution >= 0.6 is 0 Å². The molecule has 130 valence electrons. The summed E-state index contributed by atoms with van der Waals surface area (Å²) < 4.78 is 7.58. The highest BCUT2D eigenvalue weighted by Gasteiger charge is 2.25. The molecule has 7 nitrogen and oxygen atoms in total. The van der Waals surface area contributed by atoms with Crippen molar-refractivity contribution >= 4 is 5.65 Å². The van der Waals surface area contributed by atoms with Gasteiger partial charge in [-0.15, -0.1) is 10.2 Å². The summed E-state index contributed by atoms with van der Waals surface area (Å²) >= 11 is 0. The van der Waals surface area contributed by atoms with E-state index in [0.717, 1.165) is 37.4 Å². The van der Waals surface area contributed by atoms with Gasteiger partial charge in [-0.2, -0.15) is 0 Å². The Bertz CT molecular complexity index is 954. The van der Waals surface area contributed by atoms with Crippen molar-refractivity contribution in [3.8, 4) is 5.75 Å². The van der Waals surface area contributed by atoms with Crippen LogP contribution in [0.5, 0.6) is 5.75 Å². The van der Waals surface area contributed by atoms with Crippen LogP contribution in [0.3, 0.4) is 0 Å². The molecule has 1 aliphatic rings. The quantitative estimate of drug-likeness (QED) is 0.786. The third-order valence-electron chi connectivity index (χ3n) is 4.78. The lowest BCUT2D eigenvalue weighted by molar-refractivity contribution is 0.181. The Hall–Kier alpha value is -2.67. The predicted octanol–water partition coefficient (Wildman–Crippen LogP) is 2.08. The predicted molar refractivity (Wildman–Crippen MR) is 91.6 cm³/mol. The minimum atomic E-state index is -0.386. The molecule has 0 amide bonds. The molecular weight excluding hydrogens is 320 g/mol. The summed E-state index contributed by atoms with van der Waals surface area (Å²) in [4.78, 5) is 13.9. The fourth-order valence-electron chi connectivity index (χ4n) is 3.46. The zero-order valence-electron chi connectivity index (χ0n) is 14.1. The van der Waals surface area contributed by atoms with Crippen LogP contribution in [-0.2, 0) is 6.54 Å². The number of hydrogen-bond donors (Lipinski definition) is 1. The summed E-state index contributed by atoms with van der Waals surface area (Å²) in [7, 11) is 0. The molecule has 0 radical (unpaired) electrons. The summed E-state index contributed by atoms with van der Waals surface area (Å²) in [6, 6.07) is 7.20. The molecule has 1 N–H and O–H groups in total. The standard InChI is InChI=1S/C18H20N4O3/c1-12-10-14(23)17(24)15(25-12)11-21-8-5-13(6-9-21)18-20-19-16-4-2-3-7-22(16)18/h2-4,7,10,13,24H,5-6,8-9,11H2,1H3. The molecule has 1 saturated heterocycles. The number of pyridine rings is 1. The van der Waals surface area contributed by atoms with Crippen LogP contribution in [0, 0.1) is 6.92 Å². The molecule has 4 heterocycles. The Morgan fingerprint density at radius 2 is 2.08 bits per heavy atom. The highest BCUT2D eigenvalue weighted by Crippen LogP contribution is 2.28. The summed E-state index contributed by atoms with van der Waals surface area (Å²) in [5.41, 5.74) is 0.481. The second kappa shape index (κ2) is 6.33.